The molecule has 1 aromatic carbocycles. The Morgan fingerprint density at radius 1 is 1.17 bits per heavy atom. The van der Waals surface area contributed by atoms with Crippen molar-refractivity contribution >= 4 is 11.9 Å². The van der Waals surface area contributed by atoms with Crippen LogP contribution in [-0.4, -0.2) is 60.9 Å². The Balaban J connectivity index is 1.68. The average Bonchev–Trinajstić information content (AvgIpc) is 2.58. The topological polar surface area (TPSA) is 75.9 Å². The van der Waals surface area contributed by atoms with E-state index in [-0.39, 0.29) is 18.9 Å². The maximum absolute atomic E-state index is 12.1. The van der Waals surface area contributed by atoms with Gasteiger partial charge in [-0.1, -0.05) is 30.3 Å². The molecule has 0 saturated carbocycles. The second-order valence-electron chi connectivity index (χ2n) is 5.92. The number of benzene rings is 1. The maximum Gasteiger partial charge on any atom is 0.323 e. The molecule has 0 unspecified atom stereocenters. The highest BCUT2D eigenvalue weighted by molar-refractivity contribution is 5.79. The van der Waals surface area contributed by atoms with Gasteiger partial charge in [-0.25, -0.2) is 0 Å². The van der Waals surface area contributed by atoms with Gasteiger partial charge in [-0.2, -0.15) is 0 Å². The molecule has 2 N–H and O–H groups in total. The van der Waals surface area contributed by atoms with Crippen LogP contribution in [0.25, 0.3) is 0 Å². The normalized spacial score (nSPS) is 16.9. The molecule has 1 atom stereocenters. The number of hydrogen-bond donors (Lipinski definition) is 1. The van der Waals surface area contributed by atoms with Crippen molar-refractivity contribution < 1.29 is 14.3 Å². The Morgan fingerprint density at radius 3 is 2.48 bits per heavy atom. The third-order valence-electron chi connectivity index (χ3n) is 4.05. The smallest absolute Gasteiger partial charge is 0.323 e. The molecule has 1 aliphatic heterocycles. The lowest BCUT2D eigenvalue weighted by Crippen LogP contribution is -2.47. The summed E-state index contributed by atoms with van der Waals surface area (Å²) in [6.45, 7) is 3.46. The largest absolute Gasteiger partial charge is 0.460 e. The Bertz CT molecular complexity index is 513. The van der Waals surface area contributed by atoms with Crippen LogP contribution in [0.1, 0.15) is 18.4 Å². The van der Waals surface area contributed by atoms with Crippen molar-refractivity contribution in [2.75, 3.05) is 33.2 Å². The van der Waals surface area contributed by atoms with E-state index in [0.717, 1.165) is 31.7 Å². The van der Waals surface area contributed by atoms with E-state index in [1.54, 1.807) is 0 Å². The first-order chi connectivity index (χ1) is 11.1. The van der Waals surface area contributed by atoms with Gasteiger partial charge in [0.1, 0.15) is 12.6 Å². The number of likely N-dealkylation sites (N-methyl/N-ethyl adjacent to an activating group) is 1. The zero-order valence-corrected chi connectivity index (χ0v) is 13.6. The number of ether oxygens (including phenoxy) is 1. The number of carbonyl (C=O) groups is 2. The van der Waals surface area contributed by atoms with Gasteiger partial charge in [0.05, 0.1) is 0 Å². The highest BCUT2D eigenvalue weighted by Gasteiger charge is 2.21. The Morgan fingerprint density at radius 2 is 1.83 bits per heavy atom. The molecular formula is C17H25N3O3. The minimum Gasteiger partial charge on any atom is -0.460 e. The molecule has 2 rings (SSSR count). The molecule has 0 aliphatic carbocycles. The summed E-state index contributed by atoms with van der Waals surface area (Å²) in [4.78, 5) is 28.0. The summed E-state index contributed by atoms with van der Waals surface area (Å²) in [6.07, 6.45) is 0.601. The monoisotopic (exact) mass is 319 g/mol. The van der Waals surface area contributed by atoms with E-state index in [4.69, 9.17) is 10.5 Å². The molecule has 1 aromatic rings. The number of esters is 1. The summed E-state index contributed by atoms with van der Waals surface area (Å²) >= 11 is 0. The van der Waals surface area contributed by atoms with Gasteiger partial charge in [-0.05, 0) is 19.0 Å². The Kier molecular flexibility index (Phi) is 6.55. The highest BCUT2D eigenvalue weighted by Crippen LogP contribution is 2.07. The molecular weight excluding hydrogens is 294 g/mol. The van der Waals surface area contributed by atoms with Gasteiger partial charge in [0.25, 0.3) is 0 Å². The third kappa shape index (κ3) is 5.65. The van der Waals surface area contributed by atoms with Crippen LogP contribution in [0.15, 0.2) is 30.3 Å². The highest BCUT2D eigenvalue weighted by atomic mass is 16.5. The van der Waals surface area contributed by atoms with Crippen molar-refractivity contribution in [1.29, 1.82) is 0 Å². The van der Waals surface area contributed by atoms with Gasteiger partial charge in [-0.3, -0.25) is 9.59 Å². The quantitative estimate of drug-likeness (QED) is 0.778. The Hall–Kier alpha value is -1.92. The fraction of sp³-hybridized carbons (Fsp3) is 0.529. The van der Waals surface area contributed by atoms with Crippen LogP contribution in [0, 0.1) is 0 Å². The lowest BCUT2D eigenvalue weighted by atomic mass is 10.1. The van der Waals surface area contributed by atoms with Crippen LogP contribution in [0.5, 0.6) is 0 Å². The predicted octanol–water partition coefficient (Wildman–Crippen LogP) is 0.611. The van der Waals surface area contributed by atoms with Crippen molar-refractivity contribution in [2.24, 2.45) is 5.73 Å². The molecule has 0 bridgehead atoms. The lowest BCUT2D eigenvalue weighted by molar-refractivity contribution is -0.146. The molecule has 6 nitrogen and oxygen atoms in total. The molecule has 1 heterocycles. The summed E-state index contributed by atoms with van der Waals surface area (Å²) in [7, 11) is 2.04. The van der Waals surface area contributed by atoms with Crippen LogP contribution in [0.4, 0.5) is 0 Å². The molecule has 6 heteroatoms. The van der Waals surface area contributed by atoms with Gasteiger partial charge in [0.2, 0.25) is 5.91 Å². The summed E-state index contributed by atoms with van der Waals surface area (Å²) in [5.74, 6) is -0.399. The second-order valence-corrected chi connectivity index (χ2v) is 5.92. The van der Waals surface area contributed by atoms with E-state index in [1.807, 2.05) is 42.3 Å². The van der Waals surface area contributed by atoms with E-state index in [0.29, 0.717) is 6.42 Å². The number of nitrogens with zero attached hydrogens (tertiary/aromatic N) is 2. The summed E-state index contributed by atoms with van der Waals surface area (Å²) in [5.41, 5.74) is 6.75. The molecule has 0 spiro atoms. The van der Waals surface area contributed by atoms with Crippen LogP contribution < -0.4 is 5.73 Å². The summed E-state index contributed by atoms with van der Waals surface area (Å²) < 4.78 is 5.19. The van der Waals surface area contributed by atoms with Crippen molar-refractivity contribution in [3.05, 3.63) is 35.9 Å². The summed E-state index contributed by atoms with van der Waals surface area (Å²) in [6, 6.07) is 8.69. The molecule has 0 radical (unpaired) electrons. The number of hydrogen-bond acceptors (Lipinski definition) is 5. The lowest BCUT2D eigenvalue weighted by Gasteiger charge is -2.32. The Labute approximate surface area is 137 Å². The first-order valence-corrected chi connectivity index (χ1v) is 7.98. The van der Waals surface area contributed by atoms with Crippen molar-refractivity contribution in [3.8, 4) is 0 Å². The molecule has 1 saturated heterocycles. The van der Waals surface area contributed by atoms with E-state index in [9.17, 15) is 9.59 Å². The van der Waals surface area contributed by atoms with Gasteiger partial charge in [-0.15, -0.1) is 0 Å². The van der Waals surface area contributed by atoms with E-state index >= 15 is 0 Å². The first kappa shape index (κ1) is 17.4. The number of piperazine rings is 1. The SMILES string of the molecule is CN1CCN(C(=O)CC[C@H](N)C(=O)OCc2ccccc2)CC1. The van der Waals surface area contributed by atoms with E-state index in [2.05, 4.69) is 4.90 Å². The fourth-order valence-electron chi connectivity index (χ4n) is 2.45. The molecule has 23 heavy (non-hydrogen) atoms. The first-order valence-electron chi connectivity index (χ1n) is 7.98. The fourth-order valence-corrected chi connectivity index (χ4v) is 2.45. The molecule has 126 valence electrons. The van der Waals surface area contributed by atoms with Crippen molar-refractivity contribution in [2.45, 2.75) is 25.5 Å². The minimum atomic E-state index is -0.755. The standard InChI is InChI=1S/C17H25N3O3/c1-19-9-11-20(12-10-19)16(21)8-7-15(18)17(22)23-13-14-5-3-2-4-6-14/h2-6,15H,7-13,18H2,1H3/t15-/m0/s1. The molecule has 1 amide bonds. The van der Waals surface area contributed by atoms with Crippen LogP contribution in [-0.2, 0) is 20.9 Å². The van der Waals surface area contributed by atoms with Gasteiger partial charge in [0.15, 0.2) is 0 Å². The van der Waals surface area contributed by atoms with Crippen LogP contribution in [0.2, 0.25) is 0 Å². The predicted molar refractivity (Wildman–Crippen MR) is 87.5 cm³/mol. The minimum absolute atomic E-state index is 0.0596. The zero-order chi connectivity index (χ0) is 16.7. The number of carbonyl (C=O) groups excluding carboxylic acids is 2. The zero-order valence-electron chi connectivity index (χ0n) is 13.6. The van der Waals surface area contributed by atoms with Crippen molar-refractivity contribution in [3.63, 3.8) is 0 Å². The van der Waals surface area contributed by atoms with Crippen LogP contribution >= 0.6 is 0 Å². The van der Waals surface area contributed by atoms with Gasteiger partial charge < -0.3 is 20.3 Å². The average molecular weight is 319 g/mol. The van der Waals surface area contributed by atoms with Crippen LogP contribution in [0.3, 0.4) is 0 Å². The van der Waals surface area contributed by atoms with E-state index in [1.165, 1.54) is 0 Å². The molecule has 1 fully saturated rings. The second kappa shape index (κ2) is 8.64. The third-order valence-corrected chi connectivity index (χ3v) is 4.05. The number of amides is 1. The molecule has 0 aromatic heterocycles. The summed E-state index contributed by atoms with van der Waals surface area (Å²) in [5, 5.41) is 0. The number of nitrogens with two attached hydrogens (primary N) is 1. The van der Waals surface area contributed by atoms with Gasteiger partial charge in [0, 0.05) is 32.6 Å². The van der Waals surface area contributed by atoms with E-state index < -0.39 is 12.0 Å². The number of rotatable bonds is 6. The maximum atomic E-state index is 12.1. The molecule has 1 aliphatic rings. The van der Waals surface area contributed by atoms with Crippen molar-refractivity contribution in [1.82, 2.24) is 9.80 Å². The van der Waals surface area contributed by atoms with Gasteiger partial charge >= 0.3 is 5.97 Å².